The van der Waals surface area contributed by atoms with Gasteiger partial charge in [0.2, 0.25) is 17.7 Å². The van der Waals surface area contributed by atoms with Crippen molar-refractivity contribution in [2.24, 2.45) is 11.5 Å². The molecule has 10 nitrogen and oxygen atoms in total. The summed E-state index contributed by atoms with van der Waals surface area (Å²) in [5, 5.41) is 17.8. The van der Waals surface area contributed by atoms with Gasteiger partial charge < -0.3 is 32.5 Å². The molecule has 0 aliphatic rings. The molecule has 224 valence electrons. The summed E-state index contributed by atoms with van der Waals surface area (Å²) in [6.07, 6.45) is 2.10. The van der Waals surface area contributed by atoms with E-state index in [1.807, 2.05) is 74.5 Å². The molecule has 8 N–H and O–H groups in total. The minimum Gasteiger partial charge on any atom is -0.480 e. The summed E-state index contributed by atoms with van der Waals surface area (Å²) in [7, 11) is 0. The fourth-order valence-electron chi connectivity index (χ4n) is 4.29. The normalized spacial score (nSPS) is 14.3. The Bertz CT molecular complexity index is 1130. The maximum Gasteiger partial charge on any atom is 0.326 e. The van der Waals surface area contributed by atoms with Crippen LogP contribution in [-0.4, -0.2) is 62.9 Å². The molecule has 0 aromatic heterocycles. The molecule has 0 bridgehead atoms. The number of carbonyl (C=O) groups excluding carboxylic acids is 3. The molecule has 0 heterocycles. The molecule has 4 atom stereocenters. The molecular formula is C30H42IN5O5. The Morgan fingerprint density at radius 3 is 1.78 bits per heavy atom. The molecule has 0 radical (unpaired) electrons. The van der Waals surface area contributed by atoms with Gasteiger partial charge in [0.1, 0.15) is 18.1 Å². The van der Waals surface area contributed by atoms with Crippen LogP contribution in [0.3, 0.4) is 0 Å². The third kappa shape index (κ3) is 13.0. The van der Waals surface area contributed by atoms with Gasteiger partial charge in [-0.15, -0.1) is 0 Å². The standard InChI is InChI=1S/C30H42IN5O5/c1-30(2,31)19-25(28(39)34-23(29(40)41)15-9-10-16-32)36-27(38)24(18-21-13-7-4-8-14-21)35-26(37)22(33)17-20-11-5-3-6-12-20/h3-8,11-14,22-25H,9-10,15-19,32-33H2,1-2H3,(H,34,39)(H,35,37)(H,36,38)(H,40,41)/t22-,23-,24-,25-/m1/s1. The number of hydrogen-bond donors (Lipinski definition) is 6. The van der Waals surface area contributed by atoms with Crippen LogP contribution in [0.25, 0.3) is 0 Å². The van der Waals surface area contributed by atoms with E-state index in [1.54, 1.807) is 0 Å². The summed E-state index contributed by atoms with van der Waals surface area (Å²) in [6.45, 7) is 4.23. The maximum atomic E-state index is 13.6. The zero-order valence-electron chi connectivity index (χ0n) is 23.6. The second-order valence-corrected chi connectivity index (χ2v) is 13.6. The van der Waals surface area contributed by atoms with Crippen molar-refractivity contribution in [3.8, 4) is 0 Å². The van der Waals surface area contributed by atoms with Crippen LogP contribution in [0.2, 0.25) is 0 Å². The fraction of sp³-hybridized carbons (Fsp3) is 0.467. The maximum absolute atomic E-state index is 13.6. The number of amides is 3. The number of carboxylic acid groups (broad SMARTS) is 1. The first-order valence-electron chi connectivity index (χ1n) is 13.8. The van der Waals surface area contributed by atoms with Crippen molar-refractivity contribution in [1.29, 1.82) is 0 Å². The van der Waals surface area contributed by atoms with E-state index in [2.05, 4.69) is 38.5 Å². The zero-order valence-corrected chi connectivity index (χ0v) is 25.8. The van der Waals surface area contributed by atoms with Gasteiger partial charge in [-0.2, -0.15) is 0 Å². The van der Waals surface area contributed by atoms with Gasteiger partial charge in [-0.25, -0.2) is 4.79 Å². The van der Waals surface area contributed by atoms with Crippen LogP contribution in [-0.2, 0) is 32.0 Å². The van der Waals surface area contributed by atoms with E-state index >= 15 is 0 Å². The third-order valence-corrected chi connectivity index (χ3v) is 6.88. The first-order chi connectivity index (χ1) is 19.4. The summed E-state index contributed by atoms with van der Waals surface area (Å²) in [4.78, 5) is 51.8. The van der Waals surface area contributed by atoms with Crippen LogP contribution >= 0.6 is 22.6 Å². The number of nitrogens with one attached hydrogen (secondary N) is 3. The van der Waals surface area contributed by atoms with Gasteiger partial charge in [0, 0.05) is 9.84 Å². The van der Waals surface area contributed by atoms with Crippen molar-refractivity contribution in [2.75, 3.05) is 6.54 Å². The highest BCUT2D eigenvalue weighted by molar-refractivity contribution is 14.1. The van der Waals surface area contributed by atoms with E-state index in [-0.39, 0.29) is 19.3 Å². The van der Waals surface area contributed by atoms with E-state index in [0.29, 0.717) is 25.8 Å². The zero-order chi connectivity index (χ0) is 30.4. The van der Waals surface area contributed by atoms with Crippen LogP contribution in [0.15, 0.2) is 60.7 Å². The first-order valence-corrected chi connectivity index (χ1v) is 14.8. The molecule has 11 heteroatoms. The van der Waals surface area contributed by atoms with Crippen LogP contribution in [0.5, 0.6) is 0 Å². The first kappa shape index (κ1) is 34.2. The lowest BCUT2D eigenvalue weighted by Gasteiger charge is -2.28. The van der Waals surface area contributed by atoms with Gasteiger partial charge in [0.25, 0.3) is 0 Å². The number of carbonyl (C=O) groups is 4. The Morgan fingerprint density at radius 1 is 0.780 bits per heavy atom. The van der Waals surface area contributed by atoms with Crippen LogP contribution in [0.1, 0.15) is 50.7 Å². The summed E-state index contributed by atoms with van der Waals surface area (Å²) in [5.41, 5.74) is 13.4. The predicted molar refractivity (Wildman–Crippen MR) is 167 cm³/mol. The summed E-state index contributed by atoms with van der Waals surface area (Å²) in [5.74, 6) is -2.82. The highest BCUT2D eigenvalue weighted by Crippen LogP contribution is 2.23. The predicted octanol–water partition coefficient (Wildman–Crippen LogP) is 2.07. The minimum absolute atomic E-state index is 0.176. The Kier molecular flexibility index (Phi) is 14.2. The number of rotatable bonds is 17. The average Bonchev–Trinajstić information content (AvgIpc) is 2.92. The molecule has 3 amide bonds. The number of nitrogens with two attached hydrogens (primary N) is 2. The van der Waals surface area contributed by atoms with Crippen molar-refractivity contribution in [3.63, 3.8) is 0 Å². The molecule has 0 aliphatic carbocycles. The minimum atomic E-state index is -1.16. The SMILES string of the molecule is CC(C)(I)C[C@@H](NC(=O)[C@@H](Cc1ccccc1)NC(=O)[C@H](N)Cc1ccccc1)C(=O)N[C@H](CCCCN)C(=O)O. The van der Waals surface area contributed by atoms with Crippen molar-refractivity contribution in [3.05, 3.63) is 71.8 Å². The van der Waals surface area contributed by atoms with Crippen LogP contribution < -0.4 is 27.4 Å². The number of unbranched alkanes of at least 4 members (excludes halogenated alkanes) is 1. The molecule has 0 spiro atoms. The van der Waals surface area contributed by atoms with E-state index in [4.69, 9.17) is 11.5 Å². The van der Waals surface area contributed by atoms with Gasteiger partial charge in [-0.1, -0.05) is 97.1 Å². The quantitative estimate of drug-likeness (QED) is 0.0843. The van der Waals surface area contributed by atoms with E-state index in [9.17, 15) is 24.3 Å². The Labute approximate surface area is 255 Å². The van der Waals surface area contributed by atoms with E-state index in [0.717, 1.165) is 11.1 Å². The van der Waals surface area contributed by atoms with Crippen molar-refractivity contribution < 1.29 is 24.3 Å². The summed E-state index contributed by atoms with van der Waals surface area (Å²) < 4.78 is -0.401. The number of carboxylic acids is 1. The molecule has 2 rings (SSSR count). The van der Waals surface area contributed by atoms with Crippen molar-refractivity contribution >= 4 is 46.3 Å². The highest BCUT2D eigenvalue weighted by Gasteiger charge is 2.33. The molecule has 0 fully saturated rings. The molecular weight excluding hydrogens is 637 g/mol. The van der Waals surface area contributed by atoms with Gasteiger partial charge in [0.15, 0.2) is 0 Å². The highest BCUT2D eigenvalue weighted by atomic mass is 127. The lowest BCUT2D eigenvalue weighted by Crippen LogP contribution is -2.58. The van der Waals surface area contributed by atoms with E-state index in [1.165, 1.54) is 0 Å². The smallest absolute Gasteiger partial charge is 0.326 e. The lowest BCUT2D eigenvalue weighted by atomic mass is 9.99. The fourth-order valence-corrected chi connectivity index (χ4v) is 4.73. The molecule has 41 heavy (non-hydrogen) atoms. The molecule has 0 aliphatic heterocycles. The largest absolute Gasteiger partial charge is 0.480 e. The Balaban J connectivity index is 2.22. The molecule has 0 unspecified atom stereocenters. The van der Waals surface area contributed by atoms with Crippen molar-refractivity contribution in [1.82, 2.24) is 16.0 Å². The number of aliphatic carboxylic acids is 1. The molecule has 0 saturated carbocycles. The average molecular weight is 680 g/mol. The monoisotopic (exact) mass is 679 g/mol. The Morgan fingerprint density at radius 2 is 1.27 bits per heavy atom. The van der Waals surface area contributed by atoms with Gasteiger partial charge in [0.05, 0.1) is 6.04 Å². The lowest BCUT2D eigenvalue weighted by molar-refractivity contribution is -0.142. The van der Waals surface area contributed by atoms with Gasteiger partial charge >= 0.3 is 5.97 Å². The number of alkyl halides is 1. The van der Waals surface area contributed by atoms with Gasteiger partial charge in [-0.3, -0.25) is 14.4 Å². The topological polar surface area (TPSA) is 177 Å². The molecule has 2 aromatic carbocycles. The number of halogens is 1. The number of benzene rings is 2. The second kappa shape index (κ2) is 17.0. The van der Waals surface area contributed by atoms with Gasteiger partial charge in [-0.05, 0) is 49.8 Å². The Hall–Kier alpha value is -3.03. The summed E-state index contributed by atoms with van der Waals surface area (Å²) >= 11 is 2.17. The summed E-state index contributed by atoms with van der Waals surface area (Å²) in [6, 6.07) is 14.5. The second-order valence-electron chi connectivity index (χ2n) is 10.7. The number of hydrogen-bond acceptors (Lipinski definition) is 6. The van der Waals surface area contributed by atoms with Crippen LogP contribution in [0.4, 0.5) is 0 Å². The third-order valence-electron chi connectivity index (χ3n) is 6.43. The van der Waals surface area contributed by atoms with Crippen molar-refractivity contribution in [2.45, 2.75) is 80.0 Å². The van der Waals surface area contributed by atoms with E-state index < -0.39 is 51.3 Å². The molecule has 2 aromatic rings. The van der Waals surface area contributed by atoms with Crippen LogP contribution in [0, 0.1) is 0 Å². The molecule has 0 saturated heterocycles.